The van der Waals surface area contributed by atoms with Crippen LogP contribution in [0.4, 0.5) is 0 Å². The molecule has 0 atom stereocenters. The summed E-state index contributed by atoms with van der Waals surface area (Å²) in [5.41, 5.74) is 0.951. The minimum atomic E-state index is -0.931. The molecule has 0 rings (SSSR count). The van der Waals surface area contributed by atoms with Crippen molar-refractivity contribution in [2.24, 2.45) is 0 Å². The first-order valence-electron chi connectivity index (χ1n) is 3.28. The summed E-state index contributed by atoms with van der Waals surface area (Å²) in [6.07, 6.45) is 4.81. The van der Waals surface area contributed by atoms with Gasteiger partial charge in [-0.2, -0.15) is 0 Å². The van der Waals surface area contributed by atoms with Crippen molar-refractivity contribution in [3.8, 4) is 12.3 Å². The third kappa shape index (κ3) is 26.1. The summed E-state index contributed by atoms with van der Waals surface area (Å²) in [6.45, 7) is 6.63. The van der Waals surface area contributed by atoms with Crippen molar-refractivity contribution in [1.29, 1.82) is 0 Å². The van der Waals surface area contributed by atoms with E-state index in [-0.39, 0.29) is 9.76 Å². The third-order valence-electron chi connectivity index (χ3n) is 0.638. The predicted molar refractivity (Wildman–Crippen MR) is 54.9 cm³/mol. The Morgan fingerprint density at radius 3 is 2.18 bits per heavy atom. The Labute approximate surface area is 74.1 Å². The third-order valence-corrected chi connectivity index (χ3v) is 2.21. The average Bonchev–Trinajstić information content (AvgIpc) is 1.90. The minimum absolute atomic E-state index is 0.242. The SMILES string of the molecule is C#CC(C)(C)O.C=C[SiH2]O[SiH3]. The molecular weight excluding hydrogens is 172 g/mol. The quantitative estimate of drug-likeness (QED) is 0.440. The molecule has 0 aliphatic rings. The van der Waals surface area contributed by atoms with Crippen LogP contribution < -0.4 is 0 Å². The van der Waals surface area contributed by atoms with Gasteiger partial charge in [0, 0.05) is 0 Å². The highest BCUT2D eigenvalue weighted by Gasteiger charge is 2.03. The minimum Gasteiger partial charge on any atom is -0.465 e. The van der Waals surface area contributed by atoms with E-state index in [4.69, 9.17) is 15.6 Å². The topological polar surface area (TPSA) is 29.5 Å². The lowest BCUT2D eigenvalue weighted by molar-refractivity contribution is 0.144. The zero-order valence-electron chi connectivity index (χ0n) is 7.42. The Hall–Kier alpha value is -0.346. The van der Waals surface area contributed by atoms with Gasteiger partial charge in [0.15, 0.2) is 9.76 Å². The molecule has 0 bridgehead atoms. The molecule has 2 nitrogen and oxygen atoms in total. The zero-order valence-corrected chi connectivity index (χ0v) is 10.8. The maximum atomic E-state index is 8.59. The number of terminal acetylenes is 1. The highest BCUT2D eigenvalue weighted by atomic mass is 28.3. The van der Waals surface area contributed by atoms with Crippen molar-refractivity contribution >= 4 is 20.2 Å². The second-order valence-corrected chi connectivity index (χ2v) is 5.67. The van der Waals surface area contributed by atoms with Gasteiger partial charge < -0.3 is 9.22 Å². The second-order valence-electron chi connectivity index (χ2n) is 2.45. The molecule has 0 radical (unpaired) electrons. The fourth-order valence-corrected chi connectivity index (χ4v) is 1.06. The maximum Gasteiger partial charge on any atom is 0.170 e. The molecule has 0 amide bonds. The van der Waals surface area contributed by atoms with Gasteiger partial charge in [-0.05, 0) is 13.8 Å². The number of hydrogen-bond donors (Lipinski definition) is 1. The van der Waals surface area contributed by atoms with Crippen LogP contribution in [0.15, 0.2) is 12.3 Å². The summed E-state index contributed by atoms with van der Waals surface area (Å²) in [5, 5.41) is 8.59. The first-order valence-corrected chi connectivity index (χ1v) is 5.49. The van der Waals surface area contributed by atoms with E-state index in [1.807, 2.05) is 5.70 Å². The molecule has 4 heteroatoms. The van der Waals surface area contributed by atoms with Crippen LogP contribution in [0.2, 0.25) is 0 Å². The fraction of sp³-hybridized carbons (Fsp3) is 0.429. The van der Waals surface area contributed by atoms with Crippen molar-refractivity contribution in [1.82, 2.24) is 0 Å². The van der Waals surface area contributed by atoms with E-state index in [2.05, 4.69) is 12.5 Å². The summed E-state index contributed by atoms with van der Waals surface area (Å²) in [4.78, 5) is 0. The number of rotatable bonds is 2. The molecule has 0 saturated heterocycles. The van der Waals surface area contributed by atoms with Crippen molar-refractivity contribution in [3.63, 3.8) is 0 Å². The second kappa shape index (κ2) is 7.76. The fourth-order valence-electron chi connectivity index (χ4n) is 0.118. The van der Waals surface area contributed by atoms with E-state index < -0.39 is 5.60 Å². The standard InChI is InChI=1S/C5H8O.C2H8OSi2/c1-4-5(2,3)6;1-2-5-3-4/h1,6H,2-3H3;2H,1,5H2,4H3. The summed E-state index contributed by atoms with van der Waals surface area (Å²) in [6, 6.07) is 0. The van der Waals surface area contributed by atoms with Crippen molar-refractivity contribution in [3.05, 3.63) is 12.3 Å². The van der Waals surface area contributed by atoms with Crippen LogP contribution in [-0.2, 0) is 4.12 Å². The highest BCUT2D eigenvalue weighted by molar-refractivity contribution is 6.39. The molecule has 0 unspecified atom stereocenters. The molecule has 0 heterocycles. The van der Waals surface area contributed by atoms with Gasteiger partial charge in [-0.25, -0.2) is 0 Å². The molecule has 0 saturated carbocycles. The first-order chi connectivity index (χ1) is 4.97. The van der Waals surface area contributed by atoms with E-state index in [0.717, 1.165) is 10.5 Å². The number of hydrogen-bond acceptors (Lipinski definition) is 2. The van der Waals surface area contributed by atoms with Crippen LogP contribution in [0.5, 0.6) is 0 Å². The molecule has 0 aromatic rings. The summed E-state index contributed by atoms with van der Waals surface area (Å²) in [7, 11) is 0.647. The van der Waals surface area contributed by atoms with Crippen molar-refractivity contribution < 1.29 is 9.22 Å². The summed E-state index contributed by atoms with van der Waals surface area (Å²) < 4.78 is 4.85. The van der Waals surface area contributed by atoms with Gasteiger partial charge in [0.2, 0.25) is 0 Å². The van der Waals surface area contributed by atoms with Gasteiger partial charge in [0.05, 0.1) is 0 Å². The van der Waals surface area contributed by atoms with Gasteiger partial charge in [0.25, 0.3) is 0 Å². The lowest BCUT2D eigenvalue weighted by Crippen LogP contribution is -2.13. The molecule has 0 aliphatic carbocycles. The van der Waals surface area contributed by atoms with E-state index >= 15 is 0 Å². The predicted octanol–water partition coefficient (Wildman–Crippen LogP) is -1.10. The summed E-state index contributed by atoms with van der Waals surface area (Å²) in [5.74, 6) is 2.16. The average molecular weight is 188 g/mol. The molecule has 0 aromatic carbocycles. The van der Waals surface area contributed by atoms with Gasteiger partial charge >= 0.3 is 0 Å². The Morgan fingerprint density at radius 1 is 1.82 bits per heavy atom. The van der Waals surface area contributed by atoms with E-state index in [1.165, 1.54) is 0 Å². The van der Waals surface area contributed by atoms with Crippen LogP contribution in [0.1, 0.15) is 13.8 Å². The normalized spacial score (nSPS) is 10.4. The van der Waals surface area contributed by atoms with Crippen LogP contribution in [0.25, 0.3) is 0 Å². The lowest BCUT2D eigenvalue weighted by Gasteiger charge is -2.04. The van der Waals surface area contributed by atoms with Gasteiger partial charge in [-0.3, -0.25) is 0 Å². The van der Waals surface area contributed by atoms with Crippen molar-refractivity contribution in [2.45, 2.75) is 19.4 Å². The molecule has 0 spiro atoms. The van der Waals surface area contributed by atoms with Gasteiger partial charge in [-0.1, -0.05) is 11.6 Å². The molecule has 0 aliphatic heterocycles. The largest absolute Gasteiger partial charge is 0.465 e. The van der Waals surface area contributed by atoms with Crippen LogP contribution in [-0.4, -0.2) is 31.0 Å². The van der Waals surface area contributed by atoms with Crippen LogP contribution >= 0.6 is 0 Å². The van der Waals surface area contributed by atoms with Crippen LogP contribution in [0, 0.1) is 12.3 Å². The maximum absolute atomic E-state index is 8.59. The first kappa shape index (κ1) is 13.3. The number of aliphatic hydroxyl groups is 1. The van der Waals surface area contributed by atoms with Crippen LogP contribution in [0.3, 0.4) is 0 Å². The Kier molecular flexibility index (Phi) is 9.35. The zero-order chi connectivity index (χ0) is 9.33. The van der Waals surface area contributed by atoms with Gasteiger partial charge in [-0.15, -0.1) is 13.0 Å². The van der Waals surface area contributed by atoms with E-state index in [9.17, 15) is 0 Å². The van der Waals surface area contributed by atoms with Crippen molar-refractivity contribution in [2.75, 3.05) is 0 Å². The smallest absolute Gasteiger partial charge is 0.170 e. The Morgan fingerprint density at radius 2 is 2.18 bits per heavy atom. The molecule has 64 valence electrons. The van der Waals surface area contributed by atoms with E-state index in [0.29, 0.717) is 0 Å². The molecule has 11 heavy (non-hydrogen) atoms. The molecule has 0 fully saturated rings. The van der Waals surface area contributed by atoms with E-state index in [1.54, 1.807) is 13.8 Å². The molecule has 0 aromatic heterocycles. The van der Waals surface area contributed by atoms with Gasteiger partial charge in [0.1, 0.15) is 16.1 Å². The Balaban J connectivity index is 0. The molecule has 1 N–H and O–H groups in total. The Bertz CT molecular complexity index is 132. The lowest BCUT2D eigenvalue weighted by atomic mass is 10.2. The molecular formula is C7H16O2Si2. The highest BCUT2D eigenvalue weighted by Crippen LogP contribution is 1.93. The monoisotopic (exact) mass is 188 g/mol. The summed E-state index contributed by atoms with van der Waals surface area (Å²) >= 11 is 0.